The van der Waals surface area contributed by atoms with Crippen molar-refractivity contribution in [1.82, 2.24) is 0 Å². The van der Waals surface area contributed by atoms with Crippen molar-refractivity contribution in [3.05, 3.63) is 28.5 Å². The van der Waals surface area contributed by atoms with Gasteiger partial charge in [-0.25, -0.2) is 12.8 Å². The van der Waals surface area contributed by atoms with Gasteiger partial charge in [-0.1, -0.05) is 6.92 Å². The van der Waals surface area contributed by atoms with Crippen molar-refractivity contribution in [3.8, 4) is 5.75 Å². The van der Waals surface area contributed by atoms with Crippen LogP contribution in [0.3, 0.4) is 0 Å². The SMILES string of the molecule is CCCS(=O)(=O)CCOc1ccc(F)cc1Br. The largest absolute Gasteiger partial charge is 0.491 e. The molecule has 0 saturated heterocycles. The van der Waals surface area contributed by atoms with Gasteiger partial charge in [-0.3, -0.25) is 0 Å². The lowest BCUT2D eigenvalue weighted by Gasteiger charge is -2.08. The van der Waals surface area contributed by atoms with Gasteiger partial charge in [0.25, 0.3) is 0 Å². The summed E-state index contributed by atoms with van der Waals surface area (Å²) in [5.74, 6) is 0.215. The molecule has 0 amide bonds. The molecule has 96 valence electrons. The van der Waals surface area contributed by atoms with Crippen molar-refractivity contribution in [2.24, 2.45) is 0 Å². The van der Waals surface area contributed by atoms with Gasteiger partial charge in [-0.05, 0) is 40.5 Å². The Morgan fingerprint density at radius 1 is 1.35 bits per heavy atom. The average molecular weight is 325 g/mol. The lowest BCUT2D eigenvalue weighted by molar-refractivity contribution is 0.338. The van der Waals surface area contributed by atoms with E-state index in [0.29, 0.717) is 16.6 Å². The van der Waals surface area contributed by atoms with Crippen molar-refractivity contribution in [2.75, 3.05) is 18.1 Å². The molecular weight excluding hydrogens is 311 g/mol. The van der Waals surface area contributed by atoms with Crippen LogP contribution in [-0.4, -0.2) is 26.5 Å². The van der Waals surface area contributed by atoms with E-state index in [-0.39, 0.29) is 23.9 Å². The summed E-state index contributed by atoms with van der Waals surface area (Å²) >= 11 is 3.14. The first-order chi connectivity index (χ1) is 7.94. The van der Waals surface area contributed by atoms with E-state index >= 15 is 0 Å². The highest BCUT2D eigenvalue weighted by Gasteiger charge is 2.10. The molecule has 0 bridgehead atoms. The molecular formula is C11H14BrFO3S. The van der Waals surface area contributed by atoms with Gasteiger partial charge in [-0.15, -0.1) is 0 Å². The summed E-state index contributed by atoms with van der Waals surface area (Å²) in [7, 11) is -3.04. The van der Waals surface area contributed by atoms with Crippen LogP contribution in [0, 0.1) is 5.82 Å². The molecule has 0 aliphatic rings. The van der Waals surface area contributed by atoms with Gasteiger partial charge < -0.3 is 4.74 Å². The lowest BCUT2D eigenvalue weighted by Crippen LogP contribution is -2.16. The fourth-order valence-corrected chi connectivity index (χ4v) is 2.91. The summed E-state index contributed by atoms with van der Waals surface area (Å²) in [5.41, 5.74) is 0. The van der Waals surface area contributed by atoms with Crippen LogP contribution in [0.1, 0.15) is 13.3 Å². The molecule has 0 N–H and O–H groups in total. The molecule has 0 aliphatic carbocycles. The Balaban J connectivity index is 2.51. The maximum Gasteiger partial charge on any atom is 0.153 e. The minimum atomic E-state index is -3.04. The van der Waals surface area contributed by atoms with E-state index in [1.54, 1.807) is 0 Å². The Morgan fingerprint density at radius 2 is 2.06 bits per heavy atom. The maximum atomic E-state index is 12.8. The van der Waals surface area contributed by atoms with E-state index in [1.807, 2.05) is 6.92 Å². The first-order valence-electron chi connectivity index (χ1n) is 5.23. The normalized spacial score (nSPS) is 11.5. The summed E-state index contributed by atoms with van der Waals surface area (Å²) in [6.45, 7) is 1.89. The third-order valence-corrected chi connectivity index (χ3v) is 4.50. The average Bonchev–Trinajstić information content (AvgIpc) is 2.21. The second-order valence-electron chi connectivity index (χ2n) is 3.58. The Bertz CT molecular complexity index is 474. The first-order valence-corrected chi connectivity index (χ1v) is 7.84. The molecule has 6 heteroatoms. The molecule has 0 radical (unpaired) electrons. The monoisotopic (exact) mass is 324 g/mol. The van der Waals surface area contributed by atoms with Gasteiger partial charge in [0.15, 0.2) is 9.84 Å². The summed E-state index contributed by atoms with van der Waals surface area (Å²) in [5, 5.41) is 0. The molecule has 0 heterocycles. The molecule has 1 rings (SSSR count). The molecule has 0 atom stereocenters. The highest BCUT2D eigenvalue weighted by molar-refractivity contribution is 9.10. The Labute approximate surface area is 109 Å². The molecule has 0 aliphatic heterocycles. The van der Waals surface area contributed by atoms with E-state index < -0.39 is 9.84 Å². The quantitative estimate of drug-likeness (QED) is 0.808. The van der Waals surface area contributed by atoms with Crippen LogP contribution in [0.25, 0.3) is 0 Å². The summed E-state index contributed by atoms with van der Waals surface area (Å²) < 4.78 is 41.4. The predicted octanol–water partition coefficient (Wildman–Crippen LogP) is 2.79. The Hall–Kier alpha value is -0.620. The zero-order valence-corrected chi connectivity index (χ0v) is 11.9. The van der Waals surface area contributed by atoms with Gasteiger partial charge in [0.1, 0.15) is 18.2 Å². The van der Waals surface area contributed by atoms with Gasteiger partial charge in [-0.2, -0.15) is 0 Å². The second-order valence-corrected chi connectivity index (χ2v) is 6.73. The van der Waals surface area contributed by atoms with E-state index in [2.05, 4.69) is 15.9 Å². The fraction of sp³-hybridized carbons (Fsp3) is 0.455. The van der Waals surface area contributed by atoms with Crippen molar-refractivity contribution in [1.29, 1.82) is 0 Å². The summed E-state index contributed by atoms with van der Waals surface area (Å²) in [6, 6.07) is 4.00. The van der Waals surface area contributed by atoms with Crippen molar-refractivity contribution < 1.29 is 17.5 Å². The molecule has 1 aromatic carbocycles. The predicted molar refractivity (Wildman–Crippen MR) is 68.5 cm³/mol. The maximum absolute atomic E-state index is 12.8. The third kappa shape index (κ3) is 5.04. The second kappa shape index (κ2) is 6.35. The number of sulfone groups is 1. The standard InChI is InChI=1S/C11H14BrFO3S/c1-2-6-17(14,15)7-5-16-11-4-3-9(13)8-10(11)12/h3-4,8H,2,5-7H2,1H3. The molecule has 17 heavy (non-hydrogen) atoms. The minimum absolute atomic E-state index is 0.0232. The van der Waals surface area contributed by atoms with Crippen molar-refractivity contribution >= 4 is 25.8 Å². The third-order valence-electron chi connectivity index (χ3n) is 2.06. The number of hydrogen-bond donors (Lipinski definition) is 0. The topological polar surface area (TPSA) is 43.4 Å². The van der Waals surface area contributed by atoms with Gasteiger partial charge >= 0.3 is 0 Å². The van der Waals surface area contributed by atoms with E-state index in [1.165, 1.54) is 18.2 Å². The highest BCUT2D eigenvalue weighted by atomic mass is 79.9. The van der Waals surface area contributed by atoms with Crippen LogP contribution >= 0.6 is 15.9 Å². The molecule has 0 aromatic heterocycles. The lowest BCUT2D eigenvalue weighted by atomic mass is 10.3. The number of halogens is 2. The smallest absolute Gasteiger partial charge is 0.153 e. The minimum Gasteiger partial charge on any atom is -0.491 e. The van der Waals surface area contributed by atoms with E-state index in [0.717, 1.165) is 0 Å². The van der Waals surface area contributed by atoms with Gasteiger partial charge in [0, 0.05) is 0 Å². The van der Waals surface area contributed by atoms with Crippen LogP contribution in [0.5, 0.6) is 5.75 Å². The number of rotatable bonds is 6. The Kier molecular flexibility index (Phi) is 5.39. The number of benzene rings is 1. The number of hydrogen-bond acceptors (Lipinski definition) is 3. The van der Waals surface area contributed by atoms with Crippen LogP contribution in [0.2, 0.25) is 0 Å². The van der Waals surface area contributed by atoms with Gasteiger partial charge in [0.05, 0.1) is 16.0 Å². The fourth-order valence-electron chi connectivity index (χ4n) is 1.28. The van der Waals surface area contributed by atoms with E-state index in [4.69, 9.17) is 4.74 Å². The highest BCUT2D eigenvalue weighted by Crippen LogP contribution is 2.25. The molecule has 0 unspecified atom stereocenters. The Morgan fingerprint density at radius 3 is 2.65 bits per heavy atom. The van der Waals surface area contributed by atoms with Crippen LogP contribution < -0.4 is 4.74 Å². The summed E-state index contributed by atoms with van der Waals surface area (Å²) in [6.07, 6.45) is 0.600. The molecule has 0 spiro atoms. The number of ether oxygens (including phenoxy) is 1. The van der Waals surface area contributed by atoms with Crippen molar-refractivity contribution in [3.63, 3.8) is 0 Å². The molecule has 1 aromatic rings. The van der Waals surface area contributed by atoms with Crippen LogP contribution in [0.4, 0.5) is 4.39 Å². The zero-order valence-electron chi connectivity index (χ0n) is 9.45. The zero-order chi connectivity index (χ0) is 12.9. The van der Waals surface area contributed by atoms with Crippen LogP contribution in [-0.2, 0) is 9.84 Å². The van der Waals surface area contributed by atoms with Gasteiger partial charge in [0.2, 0.25) is 0 Å². The first kappa shape index (κ1) is 14.4. The van der Waals surface area contributed by atoms with Crippen LogP contribution in [0.15, 0.2) is 22.7 Å². The van der Waals surface area contributed by atoms with E-state index in [9.17, 15) is 12.8 Å². The molecule has 0 saturated carbocycles. The molecule has 3 nitrogen and oxygen atoms in total. The van der Waals surface area contributed by atoms with Crippen molar-refractivity contribution in [2.45, 2.75) is 13.3 Å². The summed E-state index contributed by atoms with van der Waals surface area (Å²) in [4.78, 5) is 0. The molecule has 0 fully saturated rings.